The van der Waals surface area contributed by atoms with Crippen LogP contribution in [-0.4, -0.2) is 24.3 Å². The second-order valence-electron chi connectivity index (χ2n) is 7.87. The zero-order valence-electron chi connectivity index (χ0n) is 16.7. The fourth-order valence-corrected chi connectivity index (χ4v) is 3.69. The maximum absolute atomic E-state index is 12.6. The Balaban J connectivity index is 1.48. The van der Waals surface area contributed by atoms with Crippen molar-refractivity contribution in [3.05, 3.63) is 53.1 Å². The summed E-state index contributed by atoms with van der Waals surface area (Å²) in [6.45, 7) is 4.55. The zero-order chi connectivity index (χ0) is 20.5. The van der Waals surface area contributed by atoms with E-state index in [1.807, 2.05) is 36.9 Å². The van der Waals surface area contributed by atoms with E-state index in [0.717, 1.165) is 48.1 Å². The highest BCUT2D eigenvalue weighted by Gasteiger charge is 2.35. The summed E-state index contributed by atoms with van der Waals surface area (Å²) in [5.41, 5.74) is 5.05. The van der Waals surface area contributed by atoms with E-state index in [-0.39, 0.29) is 11.8 Å². The van der Waals surface area contributed by atoms with Gasteiger partial charge in [-0.2, -0.15) is 0 Å². The van der Waals surface area contributed by atoms with Crippen LogP contribution in [0.5, 0.6) is 0 Å². The topological polar surface area (TPSA) is 78.5 Å². The number of carbonyl (C=O) groups is 3. The Hall–Kier alpha value is -3.15. The molecule has 0 radical (unpaired) electrons. The van der Waals surface area contributed by atoms with Gasteiger partial charge in [0.25, 0.3) is 0 Å². The summed E-state index contributed by atoms with van der Waals surface area (Å²) in [6, 6.07) is 11.1. The third-order valence-electron chi connectivity index (χ3n) is 5.71. The van der Waals surface area contributed by atoms with Crippen molar-refractivity contribution in [2.45, 2.75) is 39.5 Å². The molecule has 1 saturated carbocycles. The molecule has 0 atom stereocenters. The van der Waals surface area contributed by atoms with Crippen LogP contribution in [0.1, 0.15) is 36.0 Å². The fraction of sp³-hybridized carbons (Fsp3) is 0.348. The summed E-state index contributed by atoms with van der Waals surface area (Å²) in [6.07, 6.45) is 3.76. The van der Waals surface area contributed by atoms with E-state index in [0.29, 0.717) is 17.9 Å². The normalized spacial score (nSPS) is 15.4. The molecule has 2 aliphatic rings. The van der Waals surface area contributed by atoms with Crippen LogP contribution in [0.2, 0.25) is 0 Å². The molecule has 1 fully saturated rings. The highest BCUT2D eigenvalue weighted by molar-refractivity contribution is 6.43. The van der Waals surface area contributed by atoms with Crippen molar-refractivity contribution >= 4 is 34.8 Å². The van der Waals surface area contributed by atoms with Crippen molar-refractivity contribution in [3.63, 3.8) is 0 Å². The Morgan fingerprint density at radius 1 is 1.00 bits per heavy atom. The van der Waals surface area contributed by atoms with Gasteiger partial charge in [0.05, 0.1) is 0 Å². The number of hydrogen-bond donors (Lipinski definition) is 2. The van der Waals surface area contributed by atoms with Gasteiger partial charge in [0.15, 0.2) is 0 Å². The van der Waals surface area contributed by atoms with Crippen LogP contribution in [-0.2, 0) is 20.8 Å². The maximum atomic E-state index is 12.6. The Labute approximate surface area is 170 Å². The second kappa shape index (κ2) is 7.70. The van der Waals surface area contributed by atoms with Crippen molar-refractivity contribution in [1.29, 1.82) is 0 Å². The Morgan fingerprint density at radius 3 is 2.52 bits per heavy atom. The first-order valence-electron chi connectivity index (χ1n) is 10.1. The molecule has 2 N–H and O–H groups in total. The molecule has 1 heterocycles. The van der Waals surface area contributed by atoms with Crippen LogP contribution in [0.3, 0.4) is 0 Å². The van der Waals surface area contributed by atoms with Gasteiger partial charge in [-0.3, -0.25) is 14.4 Å². The quantitative estimate of drug-likeness (QED) is 0.785. The van der Waals surface area contributed by atoms with E-state index in [1.165, 1.54) is 0 Å². The number of anilines is 3. The molecule has 0 saturated heterocycles. The first kappa shape index (κ1) is 19.2. The average Bonchev–Trinajstić information content (AvgIpc) is 3.55. The fourth-order valence-electron chi connectivity index (χ4n) is 3.69. The summed E-state index contributed by atoms with van der Waals surface area (Å²) in [4.78, 5) is 39.2. The molecule has 0 spiro atoms. The predicted octanol–water partition coefficient (Wildman–Crippen LogP) is 3.57. The van der Waals surface area contributed by atoms with Crippen molar-refractivity contribution in [1.82, 2.24) is 0 Å². The summed E-state index contributed by atoms with van der Waals surface area (Å²) >= 11 is 0. The molecule has 0 bridgehead atoms. The number of nitrogens with zero attached hydrogens (tertiary/aromatic N) is 1. The molecule has 1 aliphatic heterocycles. The number of amides is 3. The molecule has 6 heteroatoms. The number of hydrogen-bond acceptors (Lipinski definition) is 3. The third-order valence-corrected chi connectivity index (χ3v) is 5.71. The molecule has 0 unspecified atom stereocenters. The number of fused-ring (bicyclic) bond motifs is 1. The minimum absolute atomic E-state index is 0.141. The first-order chi connectivity index (χ1) is 13.9. The molecule has 2 aromatic carbocycles. The van der Waals surface area contributed by atoms with Crippen molar-refractivity contribution in [2.75, 3.05) is 22.1 Å². The highest BCUT2D eigenvalue weighted by Crippen LogP contribution is 2.36. The summed E-state index contributed by atoms with van der Waals surface area (Å²) in [5.74, 6) is -1.14. The molecule has 2 aromatic rings. The Morgan fingerprint density at radius 2 is 1.76 bits per heavy atom. The number of carbonyl (C=O) groups excluding carboxylic acids is 3. The largest absolute Gasteiger partial charge is 0.318 e. The minimum atomic E-state index is -0.735. The predicted molar refractivity (Wildman–Crippen MR) is 113 cm³/mol. The molecular formula is C23H25N3O3. The third kappa shape index (κ3) is 4.01. The van der Waals surface area contributed by atoms with Gasteiger partial charge in [0.2, 0.25) is 5.91 Å². The number of aryl methyl sites for hydroxylation is 2. The lowest BCUT2D eigenvalue weighted by molar-refractivity contribution is -0.133. The van der Waals surface area contributed by atoms with Crippen molar-refractivity contribution in [3.8, 4) is 0 Å². The molecule has 150 valence electrons. The van der Waals surface area contributed by atoms with Gasteiger partial charge >= 0.3 is 11.8 Å². The van der Waals surface area contributed by atoms with Gasteiger partial charge in [-0.1, -0.05) is 18.2 Å². The average molecular weight is 391 g/mol. The standard InChI is InChI=1S/C23H25N3O3/c1-14-5-3-7-19(15(14)2)25-22(28)21(27)24-18-11-10-16-6-4-12-26(20(16)13-18)23(29)17-8-9-17/h3,5,7,10-11,13,17H,4,6,8-9,12H2,1-2H3,(H,24,27)(H,25,28). The molecule has 1 aliphatic carbocycles. The first-order valence-corrected chi connectivity index (χ1v) is 10.1. The number of nitrogens with one attached hydrogen (secondary N) is 2. The van der Waals surface area contributed by atoms with E-state index in [1.54, 1.807) is 18.2 Å². The van der Waals surface area contributed by atoms with Gasteiger partial charge in [-0.05, 0) is 74.4 Å². The maximum Gasteiger partial charge on any atom is 0.314 e. The van der Waals surface area contributed by atoms with Gasteiger partial charge in [0, 0.05) is 29.5 Å². The van der Waals surface area contributed by atoms with Gasteiger partial charge < -0.3 is 15.5 Å². The highest BCUT2D eigenvalue weighted by atomic mass is 16.2. The zero-order valence-corrected chi connectivity index (χ0v) is 16.7. The lowest BCUT2D eigenvalue weighted by atomic mass is 10.0. The molecule has 3 amide bonds. The lowest BCUT2D eigenvalue weighted by Crippen LogP contribution is -2.36. The number of rotatable bonds is 3. The van der Waals surface area contributed by atoms with E-state index in [4.69, 9.17) is 0 Å². The molecule has 6 nitrogen and oxygen atoms in total. The monoisotopic (exact) mass is 391 g/mol. The van der Waals surface area contributed by atoms with E-state index < -0.39 is 11.8 Å². The smallest absolute Gasteiger partial charge is 0.314 e. The van der Waals surface area contributed by atoms with Crippen LogP contribution < -0.4 is 15.5 Å². The molecule has 4 rings (SSSR count). The summed E-state index contributed by atoms with van der Waals surface area (Å²) < 4.78 is 0. The molecular weight excluding hydrogens is 366 g/mol. The van der Waals surface area contributed by atoms with Crippen LogP contribution in [0.4, 0.5) is 17.1 Å². The molecule has 29 heavy (non-hydrogen) atoms. The van der Waals surface area contributed by atoms with Crippen molar-refractivity contribution < 1.29 is 14.4 Å². The van der Waals surface area contributed by atoms with E-state index >= 15 is 0 Å². The van der Waals surface area contributed by atoms with Crippen LogP contribution in [0.25, 0.3) is 0 Å². The van der Waals surface area contributed by atoms with E-state index in [2.05, 4.69) is 10.6 Å². The second-order valence-corrected chi connectivity index (χ2v) is 7.87. The summed E-state index contributed by atoms with van der Waals surface area (Å²) in [5, 5.41) is 5.33. The van der Waals surface area contributed by atoms with Gasteiger partial charge in [-0.25, -0.2) is 0 Å². The Kier molecular flexibility index (Phi) is 5.09. The van der Waals surface area contributed by atoms with Crippen LogP contribution >= 0.6 is 0 Å². The minimum Gasteiger partial charge on any atom is -0.318 e. The van der Waals surface area contributed by atoms with E-state index in [9.17, 15) is 14.4 Å². The van der Waals surface area contributed by atoms with Gasteiger partial charge in [-0.15, -0.1) is 0 Å². The summed E-state index contributed by atoms with van der Waals surface area (Å²) in [7, 11) is 0. The molecule has 0 aromatic heterocycles. The lowest BCUT2D eigenvalue weighted by Gasteiger charge is -2.30. The van der Waals surface area contributed by atoms with Crippen LogP contribution in [0, 0.1) is 19.8 Å². The SMILES string of the molecule is Cc1cccc(NC(=O)C(=O)Nc2ccc3c(c2)N(C(=O)C2CC2)CCC3)c1C. The van der Waals surface area contributed by atoms with Crippen LogP contribution in [0.15, 0.2) is 36.4 Å². The Bertz CT molecular complexity index is 995. The van der Waals surface area contributed by atoms with Gasteiger partial charge in [0.1, 0.15) is 0 Å². The number of benzene rings is 2. The van der Waals surface area contributed by atoms with Crippen molar-refractivity contribution in [2.24, 2.45) is 5.92 Å².